The second-order valence-electron chi connectivity index (χ2n) is 3.29. The summed E-state index contributed by atoms with van der Waals surface area (Å²) in [6.07, 6.45) is 3.20. The minimum atomic E-state index is 0.432. The SMILES string of the molecule is [B]c1cnc(N)c(-c2ccc(OC)nc2)c1. The highest BCUT2D eigenvalue weighted by molar-refractivity contribution is 6.32. The molecule has 0 aliphatic carbocycles. The molecule has 2 N–H and O–H groups in total. The van der Waals surface area contributed by atoms with Crippen LogP contribution in [-0.4, -0.2) is 24.9 Å². The number of nitrogens with two attached hydrogens (primary N) is 1. The summed E-state index contributed by atoms with van der Waals surface area (Å²) in [7, 11) is 7.23. The van der Waals surface area contributed by atoms with E-state index in [1.807, 2.05) is 6.07 Å². The van der Waals surface area contributed by atoms with Gasteiger partial charge in [0.05, 0.1) is 7.11 Å². The van der Waals surface area contributed by atoms with Gasteiger partial charge in [-0.15, -0.1) is 0 Å². The van der Waals surface area contributed by atoms with E-state index in [9.17, 15) is 0 Å². The first-order valence-corrected chi connectivity index (χ1v) is 4.72. The van der Waals surface area contributed by atoms with Crippen molar-refractivity contribution in [3.63, 3.8) is 0 Å². The highest BCUT2D eigenvalue weighted by atomic mass is 16.5. The smallest absolute Gasteiger partial charge is 0.212 e. The van der Waals surface area contributed by atoms with Crippen molar-refractivity contribution in [1.82, 2.24) is 9.97 Å². The van der Waals surface area contributed by atoms with Crippen LogP contribution in [0.25, 0.3) is 11.1 Å². The lowest BCUT2D eigenvalue weighted by atomic mass is 9.95. The fourth-order valence-corrected chi connectivity index (χ4v) is 1.38. The van der Waals surface area contributed by atoms with E-state index in [0.29, 0.717) is 17.2 Å². The van der Waals surface area contributed by atoms with Crippen LogP contribution < -0.4 is 15.9 Å². The van der Waals surface area contributed by atoms with Crippen molar-refractivity contribution in [2.24, 2.45) is 0 Å². The molecule has 0 aromatic carbocycles. The molecule has 0 saturated heterocycles. The average molecular weight is 211 g/mol. The summed E-state index contributed by atoms with van der Waals surface area (Å²) in [5.74, 6) is 0.986. The molecule has 4 nitrogen and oxygen atoms in total. The van der Waals surface area contributed by atoms with Gasteiger partial charge in [-0.1, -0.05) is 11.5 Å². The van der Waals surface area contributed by atoms with Crippen molar-refractivity contribution < 1.29 is 4.74 Å². The van der Waals surface area contributed by atoms with Crippen molar-refractivity contribution in [3.8, 4) is 17.0 Å². The van der Waals surface area contributed by atoms with Gasteiger partial charge in [0.2, 0.25) is 5.88 Å². The topological polar surface area (TPSA) is 61.0 Å². The van der Waals surface area contributed by atoms with Gasteiger partial charge in [-0.25, -0.2) is 9.97 Å². The maximum Gasteiger partial charge on any atom is 0.212 e. The number of hydrogen-bond donors (Lipinski definition) is 1. The quantitative estimate of drug-likeness (QED) is 0.736. The molecule has 0 amide bonds. The predicted octanol–water partition coefficient (Wildman–Crippen LogP) is 0.528. The maximum atomic E-state index is 5.77. The number of pyridine rings is 2. The summed E-state index contributed by atoms with van der Waals surface area (Å²) in [4.78, 5) is 8.09. The van der Waals surface area contributed by atoms with Gasteiger partial charge in [-0.05, 0) is 6.07 Å². The summed E-state index contributed by atoms with van der Waals surface area (Å²) >= 11 is 0. The molecule has 2 aromatic heterocycles. The Labute approximate surface area is 94.9 Å². The number of ether oxygens (including phenoxy) is 1. The summed E-state index contributed by atoms with van der Waals surface area (Å²) < 4.78 is 4.98. The van der Waals surface area contributed by atoms with E-state index in [0.717, 1.165) is 11.1 Å². The first-order valence-electron chi connectivity index (χ1n) is 4.72. The normalized spacial score (nSPS) is 10.1. The van der Waals surface area contributed by atoms with Crippen LogP contribution in [0.3, 0.4) is 0 Å². The molecule has 78 valence electrons. The number of aromatic nitrogens is 2. The van der Waals surface area contributed by atoms with Crippen LogP contribution >= 0.6 is 0 Å². The lowest BCUT2D eigenvalue weighted by Crippen LogP contribution is -2.06. The summed E-state index contributed by atoms with van der Waals surface area (Å²) in [6.45, 7) is 0. The molecule has 2 rings (SSSR count). The van der Waals surface area contributed by atoms with Gasteiger partial charge in [0.1, 0.15) is 13.7 Å². The predicted molar refractivity (Wildman–Crippen MR) is 63.8 cm³/mol. The molecule has 0 unspecified atom stereocenters. The van der Waals surface area contributed by atoms with Crippen molar-refractivity contribution in [2.75, 3.05) is 12.8 Å². The third-order valence-electron chi connectivity index (χ3n) is 2.20. The van der Waals surface area contributed by atoms with E-state index < -0.39 is 0 Å². The number of anilines is 1. The van der Waals surface area contributed by atoms with Gasteiger partial charge in [0.25, 0.3) is 0 Å². The zero-order valence-corrected chi connectivity index (χ0v) is 8.84. The maximum absolute atomic E-state index is 5.77. The Morgan fingerprint density at radius 3 is 2.69 bits per heavy atom. The van der Waals surface area contributed by atoms with Crippen molar-refractivity contribution >= 4 is 19.1 Å². The molecular formula is C11H10BN3O. The number of rotatable bonds is 2. The highest BCUT2D eigenvalue weighted by Crippen LogP contribution is 2.23. The zero-order chi connectivity index (χ0) is 11.5. The van der Waals surface area contributed by atoms with Gasteiger partial charge >= 0.3 is 0 Å². The minimum Gasteiger partial charge on any atom is -0.481 e. The van der Waals surface area contributed by atoms with Crippen molar-refractivity contribution in [2.45, 2.75) is 0 Å². The molecule has 2 aromatic rings. The van der Waals surface area contributed by atoms with E-state index in [1.165, 1.54) is 6.20 Å². The Bertz CT molecular complexity index is 499. The molecule has 0 fully saturated rings. The van der Waals surface area contributed by atoms with Crippen molar-refractivity contribution in [3.05, 3.63) is 30.6 Å². The van der Waals surface area contributed by atoms with Crippen LogP contribution in [0.2, 0.25) is 0 Å². The largest absolute Gasteiger partial charge is 0.481 e. The van der Waals surface area contributed by atoms with Gasteiger partial charge in [0, 0.05) is 29.6 Å². The van der Waals surface area contributed by atoms with Gasteiger partial charge in [0.15, 0.2) is 0 Å². The van der Waals surface area contributed by atoms with Crippen LogP contribution in [0.4, 0.5) is 5.82 Å². The Morgan fingerprint density at radius 2 is 2.06 bits per heavy atom. The Balaban J connectivity index is 2.45. The molecule has 2 heterocycles. The zero-order valence-electron chi connectivity index (χ0n) is 8.84. The molecule has 0 aliphatic heterocycles. The van der Waals surface area contributed by atoms with Crippen molar-refractivity contribution in [1.29, 1.82) is 0 Å². The fourth-order valence-electron chi connectivity index (χ4n) is 1.38. The standard InChI is InChI=1S/C11H10BN3O/c1-16-10-3-2-7(5-14-10)9-4-8(12)6-15-11(9)13/h2-6H,1H3,(H2,13,15). The molecule has 0 bridgehead atoms. The van der Waals surface area contributed by atoms with Crippen LogP contribution in [0.1, 0.15) is 0 Å². The molecular weight excluding hydrogens is 201 g/mol. The monoisotopic (exact) mass is 211 g/mol. The van der Waals surface area contributed by atoms with E-state index in [1.54, 1.807) is 25.4 Å². The van der Waals surface area contributed by atoms with Crippen LogP contribution in [-0.2, 0) is 0 Å². The van der Waals surface area contributed by atoms with E-state index >= 15 is 0 Å². The molecule has 0 atom stereocenters. The second-order valence-corrected chi connectivity index (χ2v) is 3.29. The Morgan fingerprint density at radius 1 is 1.25 bits per heavy atom. The van der Waals surface area contributed by atoms with Crippen LogP contribution in [0.15, 0.2) is 30.6 Å². The number of hydrogen-bond acceptors (Lipinski definition) is 4. The fraction of sp³-hybridized carbons (Fsp3) is 0.0909. The van der Waals surface area contributed by atoms with E-state index in [-0.39, 0.29) is 0 Å². The van der Waals surface area contributed by atoms with Crippen LogP contribution in [0.5, 0.6) is 5.88 Å². The van der Waals surface area contributed by atoms with Crippen LogP contribution in [0, 0.1) is 0 Å². The van der Waals surface area contributed by atoms with Gasteiger partial charge in [-0.2, -0.15) is 0 Å². The molecule has 16 heavy (non-hydrogen) atoms. The van der Waals surface area contributed by atoms with Gasteiger partial charge < -0.3 is 10.5 Å². The van der Waals surface area contributed by atoms with E-state index in [4.69, 9.17) is 18.3 Å². The number of nitrogen functional groups attached to an aromatic ring is 1. The molecule has 0 saturated carbocycles. The highest BCUT2D eigenvalue weighted by Gasteiger charge is 2.04. The molecule has 0 spiro atoms. The lowest BCUT2D eigenvalue weighted by molar-refractivity contribution is 0.398. The molecule has 5 heteroatoms. The molecule has 2 radical (unpaired) electrons. The van der Waals surface area contributed by atoms with Gasteiger partial charge in [-0.3, -0.25) is 0 Å². The number of methoxy groups -OCH3 is 1. The average Bonchev–Trinajstić information content (AvgIpc) is 2.32. The Hall–Kier alpha value is -2.04. The first kappa shape index (κ1) is 10.5. The third kappa shape index (κ3) is 1.98. The Kier molecular flexibility index (Phi) is 2.77. The summed E-state index contributed by atoms with van der Waals surface area (Å²) in [5, 5.41) is 0. The summed E-state index contributed by atoms with van der Waals surface area (Å²) in [5.41, 5.74) is 7.97. The minimum absolute atomic E-state index is 0.432. The number of nitrogens with zero attached hydrogens (tertiary/aromatic N) is 2. The summed E-state index contributed by atoms with van der Waals surface area (Å²) in [6, 6.07) is 5.39. The lowest BCUT2D eigenvalue weighted by Gasteiger charge is -2.06. The van der Waals surface area contributed by atoms with E-state index in [2.05, 4.69) is 9.97 Å². The molecule has 0 aliphatic rings. The first-order chi connectivity index (χ1) is 7.70. The third-order valence-corrected chi connectivity index (χ3v) is 2.20. The second kappa shape index (κ2) is 4.22.